The monoisotopic (exact) mass is 684 g/mol. The maximum Gasteiger partial charge on any atom is 0.490 e. The molecule has 9 atom stereocenters. The average Bonchev–Trinajstić information content (AvgIpc) is 3.37. The van der Waals surface area contributed by atoms with Gasteiger partial charge in [0.15, 0.2) is 0 Å². The minimum absolute atomic E-state index is 0.0103. The predicted octanol–water partition coefficient (Wildman–Crippen LogP) is 5.14. The highest BCUT2D eigenvalue weighted by Crippen LogP contribution is 2.68. The van der Waals surface area contributed by atoms with E-state index in [-0.39, 0.29) is 30.0 Å². The second-order valence-corrected chi connectivity index (χ2v) is 15.2. The fourth-order valence-corrected chi connectivity index (χ4v) is 8.17. The van der Waals surface area contributed by atoms with Gasteiger partial charge in [0.2, 0.25) is 5.91 Å². The minimum atomic E-state index is -5.08. The summed E-state index contributed by atoms with van der Waals surface area (Å²) in [5.41, 5.74) is 3.79. The number of halogens is 3. The van der Waals surface area contributed by atoms with Crippen molar-refractivity contribution in [1.29, 1.82) is 0 Å². The van der Waals surface area contributed by atoms with Crippen molar-refractivity contribution in [3.63, 3.8) is 0 Å². The molecule has 2 unspecified atom stereocenters. The van der Waals surface area contributed by atoms with Gasteiger partial charge in [-0.05, 0) is 62.6 Å². The number of carbonyl (C=O) groups is 4. The molecule has 1 amide bonds. The van der Waals surface area contributed by atoms with E-state index in [9.17, 15) is 32.7 Å². The molecule has 3 aliphatic rings. The van der Waals surface area contributed by atoms with Crippen molar-refractivity contribution in [1.82, 2.24) is 5.32 Å². The molecule has 0 spiro atoms. The first-order valence-electron chi connectivity index (χ1n) is 18.4. The lowest BCUT2D eigenvalue weighted by Gasteiger charge is -2.61. The van der Waals surface area contributed by atoms with Crippen LogP contribution in [0.15, 0.2) is 12.7 Å². The summed E-state index contributed by atoms with van der Waals surface area (Å²) < 4.78 is 84.5. The van der Waals surface area contributed by atoms with Crippen molar-refractivity contribution in [2.24, 2.45) is 45.7 Å². The van der Waals surface area contributed by atoms with Gasteiger partial charge in [0.05, 0.1) is 17.9 Å². The number of aliphatic carboxylic acids is 1. The van der Waals surface area contributed by atoms with Crippen molar-refractivity contribution < 1.29 is 55.5 Å². The zero-order chi connectivity index (χ0) is 40.6. The number of carboxylic acids is 1. The van der Waals surface area contributed by atoms with Gasteiger partial charge in [-0.3, -0.25) is 14.4 Å². The van der Waals surface area contributed by atoms with Crippen molar-refractivity contribution in [2.75, 3.05) is 12.3 Å². The van der Waals surface area contributed by atoms with E-state index in [0.29, 0.717) is 24.6 Å². The zero-order valence-electron chi connectivity index (χ0n) is 33.3. The third-order valence-electron chi connectivity index (χ3n) is 10.8. The van der Waals surface area contributed by atoms with Gasteiger partial charge in [-0.1, -0.05) is 47.6 Å². The highest BCUT2D eigenvalue weighted by Gasteiger charge is 2.68. The predicted molar refractivity (Wildman–Crippen MR) is 171 cm³/mol. The third-order valence-corrected chi connectivity index (χ3v) is 11.8. The number of hydrogen-bond acceptors (Lipinski definition) is 8. The number of nitrogens with two attached hydrogens (primary N) is 1. The topological polar surface area (TPSA) is 156 Å². The summed E-state index contributed by atoms with van der Waals surface area (Å²) >= 11 is 0.408. The highest BCUT2D eigenvalue weighted by atomic mass is 32.2. The molecule has 0 aromatic carbocycles. The number of Topliss-reactive ketones (excluding diaryl/α,β-unsaturated/α-hetero) is 1. The Kier molecular flexibility index (Phi) is 9.86. The van der Waals surface area contributed by atoms with Crippen LogP contribution in [0.2, 0.25) is 0 Å². The lowest BCUT2D eigenvalue weighted by atomic mass is 9.44. The van der Waals surface area contributed by atoms with Gasteiger partial charge in [0.1, 0.15) is 11.9 Å². The molecule has 3 saturated carbocycles. The summed E-state index contributed by atoms with van der Waals surface area (Å²) in [6.45, 7) is 8.34. The normalized spacial score (nSPS) is 37.6. The van der Waals surface area contributed by atoms with E-state index in [0.717, 1.165) is 12.8 Å². The van der Waals surface area contributed by atoms with Gasteiger partial charge in [0.25, 0.3) is 0 Å². The molecule has 0 radical (unpaired) electrons. The van der Waals surface area contributed by atoms with E-state index in [2.05, 4.69) is 18.8 Å². The number of ether oxygens (including phenoxy) is 1. The lowest BCUT2D eigenvalue weighted by Crippen LogP contribution is -2.63. The van der Waals surface area contributed by atoms with Crippen LogP contribution in [0.25, 0.3) is 0 Å². The summed E-state index contributed by atoms with van der Waals surface area (Å²) in [6.07, 6.45) is -2.32. The molecule has 46 heavy (non-hydrogen) atoms. The third kappa shape index (κ3) is 8.29. The van der Waals surface area contributed by atoms with E-state index in [1.165, 1.54) is 0 Å². The quantitative estimate of drug-likeness (QED) is 0.191. The summed E-state index contributed by atoms with van der Waals surface area (Å²) in [6, 6.07) is -0.980. The van der Waals surface area contributed by atoms with E-state index >= 15 is 0 Å². The van der Waals surface area contributed by atoms with Crippen molar-refractivity contribution >= 4 is 35.4 Å². The van der Waals surface area contributed by atoms with Crippen molar-refractivity contribution in [2.45, 2.75) is 117 Å². The molecular formula is C33H53F3N2O7S. The second-order valence-electron chi connectivity index (χ2n) is 14.0. The standard InChI is InChI=1S/C31H52N2O5S.C2HF3O2/c1-10-29(8)15-22(38-23(35)16-39-28(6,7)17-33-27(37)24(32)18(2)3)30(9)19(4)11-13-31(20(5)26(29)36)14-12-21(34)25(30)31;3-2(4,5)1(6)7/h10,18-20,22,24-26,36H,1,11-17,32H2,2-9H3,(H,33,37);(H,6,7)/t19-,20-,22+,24+,25-,26-,29+,30?,31?;/m0./s1/i6D3,7D3;. The number of aliphatic hydroxyl groups is 1. The Morgan fingerprint density at radius 1 is 1.24 bits per heavy atom. The number of nitrogens with one attached hydrogen (secondary N) is 1. The highest BCUT2D eigenvalue weighted by molar-refractivity contribution is 8.01. The van der Waals surface area contributed by atoms with Gasteiger partial charge in [0, 0.05) is 42.7 Å². The first-order valence-corrected chi connectivity index (χ1v) is 16.4. The molecule has 0 aromatic heterocycles. The largest absolute Gasteiger partial charge is 0.490 e. The molecule has 0 heterocycles. The van der Waals surface area contributed by atoms with Crippen LogP contribution in [-0.2, 0) is 23.9 Å². The molecule has 13 heteroatoms. The molecule has 3 rings (SSSR count). The number of ketones is 1. The Morgan fingerprint density at radius 2 is 1.83 bits per heavy atom. The Morgan fingerprint density at radius 3 is 2.33 bits per heavy atom. The second kappa shape index (κ2) is 14.6. The number of hydrogen-bond donors (Lipinski definition) is 4. The molecule has 0 aliphatic heterocycles. The lowest BCUT2D eigenvalue weighted by molar-refractivity contribution is -0.205. The molecule has 3 fully saturated rings. The Hall–Kier alpha value is -2.12. The first-order chi connectivity index (χ1) is 23.4. The van der Waals surface area contributed by atoms with E-state index < -0.39 is 95.2 Å². The van der Waals surface area contributed by atoms with Crippen LogP contribution in [0.1, 0.15) is 95.6 Å². The maximum absolute atomic E-state index is 13.7. The molecule has 9 nitrogen and oxygen atoms in total. The van der Waals surface area contributed by atoms with Gasteiger partial charge in [-0.2, -0.15) is 13.2 Å². The van der Waals surface area contributed by atoms with Crippen LogP contribution in [-0.4, -0.2) is 75.3 Å². The van der Waals surface area contributed by atoms with E-state index in [1.54, 1.807) is 19.9 Å². The molecule has 264 valence electrons. The Bertz CT molecular complexity index is 1350. The number of carboxylic acid groups (broad SMARTS) is 1. The number of esters is 1. The fraction of sp³-hybridized carbons (Fsp3) is 0.818. The smallest absolute Gasteiger partial charge is 0.475 e. The molecule has 5 N–H and O–H groups in total. The molecule has 2 bridgehead atoms. The first kappa shape index (κ1) is 31.2. The summed E-state index contributed by atoms with van der Waals surface area (Å²) in [5, 5.41) is 21.2. The SMILES string of the molecule is O=C(O)C(F)(F)F.[2H]C([2H])([2H])C(CNC(=O)[C@H](N)C(C)C)(SCC(=O)O[C@@H]1C[C@@](C)(C=C)[C@@H](O)[C@H](C)C23CCC(=O)[C@H]2C1(C)[C@@H](C)CC3)C([2H])([2H])[2H]. The van der Waals surface area contributed by atoms with E-state index in [4.69, 9.17) is 28.6 Å². The van der Waals surface area contributed by atoms with Crippen LogP contribution in [0, 0.1) is 39.9 Å². The van der Waals surface area contributed by atoms with Crippen molar-refractivity contribution in [3.8, 4) is 0 Å². The summed E-state index contributed by atoms with van der Waals surface area (Å²) in [7, 11) is 0. The minimum Gasteiger partial charge on any atom is -0.475 e. The molecule has 0 saturated heterocycles. The number of amides is 1. The number of aliphatic hydroxyl groups excluding tert-OH is 1. The van der Waals surface area contributed by atoms with Gasteiger partial charge in [-0.25, -0.2) is 4.79 Å². The fourth-order valence-electron chi connectivity index (χ4n) is 7.56. The van der Waals surface area contributed by atoms with Crippen LogP contribution in [0.3, 0.4) is 0 Å². The van der Waals surface area contributed by atoms with Gasteiger partial charge in [-0.15, -0.1) is 18.3 Å². The molecule has 0 aromatic rings. The maximum atomic E-state index is 13.7. The summed E-state index contributed by atoms with van der Waals surface area (Å²) in [5.74, 6) is -5.74. The van der Waals surface area contributed by atoms with Crippen LogP contribution < -0.4 is 11.1 Å². The van der Waals surface area contributed by atoms with E-state index in [1.807, 2.05) is 20.8 Å². The van der Waals surface area contributed by atoms with Crippen LogP contribution in [0.5, 0.6) is 0 Å². The van der Waals surface area contributed by atoms with Gasteiger partial charge >= 0.3 is 18.1 Å². The average molecular weight is 685 g/mol. The Labute approximate surface area is 283 Å². The zero-order valence-corrected chi connectivity index (χ0v) is 28.1. The number of rotatable bonds is 9. The summed E-state index contributed by atoms with van der Waals surface area (Å²) in [4.78, 5) is 48.8. The van der Waals surface area contributed by atoms with Crippen molar-refractivity contribution in [3.05, 3.63) is 12.7 Å². The molecule has 3 aliphatic carbocycles. The van der Waals surface area contributed by atoms with Crippen LogP contribution >= 0.6 is 11.8 Å². The number of thioether (sulfide) groups is 1. The molecular weight excluding hydrogens is 625 g/mol. The van der Waals surface area contributed by atoms with Crippen LogP contribution in [0.4, 0.5) is 13.2 Å². The van der Waals surface area contributed by atoms with Gasteiger partial charge < -0.3 is 26.0 Å². The number of carbonyl (C=O) groups excluding carboxylic acids is 3. The number of alkyl halides is 3. The Balaban J connectivity index is 0.00000121.